The van der Waals surface area contributed by atoms with Crippen LogP contribution in [0.25, 0.3) is 0 Å². The van der Waals surface area contributed by atoms with Gasteiger partial charge in [-0.25, -0.2) is 4.39 Å². The number of carbonyl (C=O) groups excluding carboxylic acids is 2. The third-order valence-corrected chi connectivity index (χ3v) is 4.45. The van der Waals surface area contributed by atoms with Crippen molar-refractivity contribution in [1.82, 2.24) is 10.2 Å². The summed E-state index contributed by atoms with van der Waals surface area (Å²) in [5.74, 6) is -0.898. The topological polar surface area (TPSA) is 49.4 Å². The lowest BCUT2D eigenvalue weighted by molar-refractivity contribution is -0.140. The van der Waals surface area contributed by atoms with E-state index in [9.17, 15) is 14.0 Å². The summed E-state index contributed by atoms with van der Waals surface area (Å²) in [6.07, 6.45) is 0.547. The van der Waals surface area contributed by atoms with E-state index in [1.807, 2.05) is 51.1 Å². The zero-order valence-corrected chi connectivity index (χ0v) is 17.0. The summed E-state index contributed by atoms with van der Waals surface area (Å²) >= 11 is 0. The monoisotopic (exact) mass is 384 g/mol. The standard InChI is InChI=1S/C23H29FN2O2/c1-17(22(28)25-23(2,3)4)26(15-14-18-10-6-5-7-11-18)21(27)16-19-12-8-9-13-20(19)24/h5-13,17H,14-16H2,1-4H3,(H,25,28). The van der Waals surface area contributed by atoms with Gasteiger partial charge >= 0.3 is 0 Å². The molecule has 0 saturated heterocycles. The SMILES string of the molecule is CC(C(=O)NC(C)(C)C)N(CCc1ccccc1)C(=O)Cc1ccccc1F. The molecule has 0 aromatic heterocycles. The number of hydrogen-bond donors (Lipinski definition) is 1. The van der Waals surface area contributed by atoms with Crippen LogP contribution in [0.5, 0.6) is 0 Å². The Labute approximate surface area is 166 Å². The van der Waals surface area contributed by atoms with Crippen LogP contribution < -0.4 is 5.32 Å². The number of amides is 2. The molecule has 0 bridgehead atoms. The molecule has 28 heavy (non-hydrogen) atoms. The molecule has 0 heterocycles. The Morgan fingerprint density at radius 2 is 1.64 bits per heavy atom. The number of rotatable bonds is 7. The Morgan fingerprint density at radius 1 is 1.04 bits per heavy atom. The van der Waals surface area contributed by atoms with Gasteiger partial charge in [0.25, 0.3) is 0 Å². The van der Waals surface area contributed by atoms with E-state index in [4.69, 9.17) is 0 Å². The van der Waals surface area contributed by atoms with Gasteiger partial charge in [0.15, 0.2) is 0 Å². The van der Waals surface area contributed by atoms with Gasteiger partial charge in [0.2, 0.25) is 11.8 Å². The number of nitrogens with one attached hydrogen (secondary N) is 1. The van der Waals surface area contributed by atoms with Crippen LogP contribution in [0.4, 0.5) is 4.39 Å². The van der Waals surface area contributed by atoms with Crippen molar-refractivity contribution in [2.24, 2.45) is 0 Å². The molecule has 4 nitrogen and oxygen atoms in total. The highest BCUT2D eigenvalue weighted by molar-refractivity contribution is 5.88. The lowest BCUT2D eigenvalue weighted by atomic mass is 10.1. The molecular weight excluding hydrogens is 355 g/mol. The first-order valence-electron chi connectivity index (χ1n) is 9.56. The zero-order valence-electron chi connectivity index (χ0n) is 17.0. The second kappa shape index (κ2) is 9.49. The molecule has 0 spiro atoms. The predicted molar refractivity (Wildman–Crippen MR) is 109 cm³/mol. The minimum atomic E-state index is -0.651. The van der Waals surface area contributed by atoms with Crippen LogP contribution in [0, 0.1) is 5.82 Å². The van der Waals surface area contributed by atoms with Crippen molar-refractivity contribution in [3.8, 4) is 0 Å². The Balaban J connectivity index is 2.17. The van der Waals surface area contributed by atoms with E-state index in [2.05, 4.69) is 5.32 Å². The van der Waals surface area contributed by atoms with E-state index in [0.29, 0.717) is 18.5 Å². The maximum Gasteiger partial charge on any atom is 0.242 e. The average Bonchev–Trinajstić information content (AvgIpc) is 2.63. The molecule has 0 aliphatic heterocycles. The molecule has 1 N–H and O–H groups in total. The fourth-order valence-corrected chi connectivity index (χ4v) is 2.95. The molecule has 2 aromatic carbocycles. The zero-order chi connectivity index (χ0) is 20.7. The van der Waals surface area contributed by atoms with E-state index in [-0.39, 0.29) is 18.2 Å². The minimum Gasteiger partial charge on any atom is -0.350 e. The molecule has 150 valence electrons. The Kier molecular flexibility index (Phi) is 7.32. The molecule has 2 amide bonds. The van der Waals surface area contributed by atoms with Crippen LogP contribution >= 0.6 is 0 Å². The van der Waals surface area contributed by atoms with Crippen molar-refractivity contribution in [2.45, 2.75) is 52.1 Å². The summed E-state index contributed by atoms with van der Waals surface area (Å²) in [6, 6.07) is 15.4. The quantitative estimate of drug-likeness (QED) is 0.791. The number of hydrogen-bond acceptors (Lipinski definition) is 2. The van der Waals surface area contributed by atoms with Gasteiger partial charge in [-0.2, -0.15) is 0 Å². The summed E-state index contributed by atoms with van der Waals surface area (Å²) < 4.78 is 14.0. The van der Waals surface area contributed by atoms with E-state index in [0.717, 1.165) is 5.56 Å². The lowest BCUT2D eigenvalue weighted by Gasteiger charge is -2.31. The van der Waals surface area contributed by atoms with Crippen LogP contribution in [0.15, 0.2) is 54.6 Å². The van der Waals surface area contributed by atoms with E-state index < -0.39 is 17.4 Å². The molecule has 1 unspecified atom stereocenters. The number of halogens is 1. The Bertz CT molecular complexity index is 800. The maximum absolute atomic E-state index is 14.0. The van der Waals surface area contributed by atoms with Gasteiger partial charge in [0.1, 0.15) is 11.9 Å². The lowest BCUT2D eigenvalue weighted by Crippen LogP contribution is -2.53. The third kappa shape index (κ3) is 6.48. The highest BCUT2D eigenvalue weighted by Crippen LogP contribution is 2.13. The summed E-state index contributed by atoms with van der Waals surface area (Å²) in [6.45, 7) is 7.79. The molecule has 0 saturated carbocycles. The molecule has 2 rings (SSSR count). The van der Waals surface area contributed by atoms with Gasteiger partial charge in [-0.15, -0.1) is 0 Å². The fraction of sp³-hybridized carbons (Fsp3) is 0.391. The first kappa shape index (κ1) is 21.6. The molecular formula is C23H29FN2O2. The van der Waals surface area contributed by atoms with Crippen molar-refractivity contribution in [1.29, 1.82) is 0 Å². The molecule has 2 aromatic rings. The second-order valence-electron chi connectivity index (χ2n) is 8.01. The Hall–Kier alpha value is -2.69. The molecule has 1 atom stereocenters. The normalized spacial score (nSPS) is 12.3. The third-order valence-electron chi connectivity index (χ3n) is 4.45. The van der Waals surface area contributed by atoms with Gasteiger partial charge in [-0.1, -0.05) is 48.5 Å². The van der Waals surface area contributed by atoms with Crippen molar-refractivity contribution >= 4 is 11.8 Å². The molecule has 0 fully saturated rings. The number of nitrogens with zero attached hydrogens (tertiary/aromatic N) is 1. The molecule has 5 heteroatoms. The largest absolute Gasteiger partial charge is 0.350 e. The van der Waals surface area contributed by atoms with Crippen LogP contribution in [0.3, 0.4) is 0 Å². The maximum atomic E-state index is 14.0. The van der Waals surface area contributed by atoms with Crippen molar-refractivity contribution in [2.75, 3.05) is 6.54 Å². The van der Waals surface area contributed by atoms with Crippen LogP contribution in [0.2, 0.25) is 0 Å². The van der Waals surface area contributed by atoms with E-state index in [1.54, 1.807) is 30.0 Å². The molecule has 0 radical (unpaired) electrons. The van der Waals surface area contributed by atoms with Crippen molar-refractivity contribution in [3.63, 3.8) is 0 Å². The first-order valence-corrected chi connectivity index (χ1v) is 9.56. The van der Waals surface area contributed by atoms with Crippen molar-refractivity contribution in [3.05, 3.63) is 71.5 Å². The second-order valence-corrected chi connectivity index (χ2v) is 8.01. The molecule has 0 aliphatic carbocycles. The van der Waals surface area contributed by atoms with Gasteiger partial charge in [0.05, 0.1) is 6.42 Å². The number of carbonyl (C=O) groups is 2. The minimum absolute atomic E-state index is 0.0748. The summed E-state index contributed by atoms with van der Waals surface area (Å²) in [5.41, 5.74) is 1.01. The summed E-state index contributed by atoms with van der Waals surface area (Å²) in [5, 5.41) is 2.92. The van der Waals surface area contributed by atoms with Gasteiger partial charge in [-0.3, -0.25) is 9.59 Å². The Morgan fingerprint density at radius 3 is 2.25 bits per heavy atom. The number of benzene rings is 2. The highest BCUT2D eigenvalue weighted by Gasteiger charge is 2.28. The molecule has 0 aliphatic rings. The fourth-order valence-electron chi connectivity index (χ4n) is 2.95. The van der Waals surface area contributed by atoms with Gasteiger partial charge < -0.3 is 10.2 Å². The van der Waals surface area contributed by atoms with E-state index >= 15 is 0 Å². The summed E-state index contributed by atoms with van der Waals surface area (Å²) in [4.78, 5) is 27.2. The van der Waals surface area contributed by atoms with Crippen LogP contribution in [-0.4, -0.2) is 34.8 Å². The van der Waals surface area contributed by atoms with E-state index in [1.165, 1.54) is 6.07 Å². The average molecular weight is 384 g/mol. The van der Waals surface area contributed by atoms with Gasteiger partial charge in [0, 0.05) is 12.1 Å². The van der Waals surface area contributed by atoms with Crippen LogP contribution in [0.1, 0.15) is 38.8 Å². The summed E-state index contributed by atoms with van der Waals surface area (Å²) in [7, 11) is 0. The van der Waals surface area contributed by atoms with Gasteiger partial charge in [-0.05, 0) is 51.3 Å². The smallest absolute Gasteiger partial charge is 0.242 e. The van der Waals surface area contributed by atoms with Crippen molar-refractivity contribution < 1.29 is 14.0 Å². The highest BCUT2D eigenvalue weighted by atomic mass is 19.1. The predicted octanol–water partition coefficient (Wildman–Crippen LogP) is 3.74. The first-order chi connectivity index (χ1) is 13.2. The van der Waals surface area contributed by atoms with Crippen LogP contribution in [-0.2, 0) is 22.4 Å².